The van der Waals surface area contributed by atoms with Crippen LogP contribution in [0.2, 0.25) is 0 Å². The van der Waals surface area contributed by atoms with Crippen LogP contribution in [-0.4, -0.2) is 9.97 Å². The lowest BCUT2D eigenvalue weighted by atomic mass is 10.2. The van der Waals surface area contributed by atoms with Crippen molar-refractivity contribution in [3.05, 3.63) is 41.7 Å². The summed E-state index contributed by atoms with van der Waals surface area (Å²) in [6.45, 7) is 0. The number of hydrogen-bond donors (Lipinski definition) is 1. The van der Waals surface area contributed by atoms with Crippen LogP contribution in [0.1, 0.15) is 18.5 Å². The molecule has 1 aliphatic rings. The molecule has 3 rings (SSSR count). The number of benzene rings is 1. The smallest absolute Gasteiger partial charge is 0.105 e. The highest BCUT2D eigenvalue weighted by Crippen LogP contribution is 2.33. The Kier molecular flexibility index (Phi) is 1.71. The van der Waals surface area contributed by atoms with Gasteiger partial charge in [-0.05, 0) is 30.5 Å². The molecule has 2 N–H and O–H groups in total. The van der Waals surface area contributed by atoms with E-state index in [1.165, 1.54) is 5.57 Å². The lowest BCUT2D eigenvalue weighted by Crippen LogP contribution is -2.00. The van der Waals surface area contributed by atoms with Gasteiger partial charge in [-0.2, -0.15) is 0 Å². The summed E-state index contributed by atoms with van der Waals surface area (Å²) in [5.41, 5.74) is 10.7. The van der Waals surface area contributed by atoms with E-state index < -0.39 is 0 Å². The highest BCUT2D eigenvalue weighted by molar-refractivity contribution is 5.77. The maximum atomic E-state index is 5.97. The van der Waals surface area contributed by atoms with Crippen molar-refractivity contribution in [2.45, 2.75) is 12.8 Å². The van der Waals surface area contributed by atoms with Crippen LogP contribution in [0.15, 0.2) is 36.0 Å². The van der Waals surface area contributed by atoms with Crippen molar-refractivity contribution >= 4 is 16.7 Å². The molecule has 0 bridgehead atoms. The summed E-state index contributed by atoms with van der Waals surface area (Å²) < 4.78 is 0. The minimum absolute atomic E-state index is 0.807. The minimum atomic E-state index is 0.807. The summed E-state index contributed by atoms with van der Waals surface area (Å²) in [7, 11) is 0. The maximum Gasteiger partial charge on any atom is 0.105 e. The van der Waals surface area contributed by atoms with Crippen LogP contribution in [0.5, 0.6) is 0 Å². The Balaban J connectivity index is 2.18. The van der Waals surface area contributed by atoms with E-state index in [-0.39, 0.29) is 0 Å². The maximum absolute atomic E-state index is 5.97. The van der Waals surface area contributed by atoms with E-state index in [9.17, 15) is 0 Å². The van der Waals surface area contributed by atoms with E-state index in [1.807, 2.05) is 24.3 Å². The first-order valence-corrected chi connectivity index (χ1v) is 5.04. The summed E-state index contributed by atoms with van der Waals surface area (Å²) in [4.78, 5) is 8.83. The number of nitrogens with two attached hydrogens (primary N) is 1. The molecule has 0 unspecified atom stereocenters. The first-order chi connectivity index (χ1) is 7.34. The summed E-state index contributed by atoms with van der Waals surface area (Å²) >= 11 is 0. The molecule has 1 aromatic heterocycles. The quantitative estimate of drug-likeness (QED) is 0.761. The van der Waals surface area contributed by atoms with Gasteiger partial charge in [0.15, 0.2) is 0 Å². The molecule has 3 nitrogen and oxygen atoms in total. The van der Waals surface area contributed by atoms with Crippen LogP contribution in [0.25, 0.3) is 16.7 Å². The van der Waals surface area contributed by atoms with Gasteiger partial charge in [-0.25, -0.2) is 4.98 Å². The average Bonchev–Trinajstić information content (AvgIpc) is 3.11. The van der Waals surface area contributed by atoms with Gasteiger partial charge in [0.05, 0.1) is 22.9 Å². The Morgan fingerprint density at radius 3 is 2.60 bits per heavy atom. The number of rotatable bonds is 1. The van der Waals surface area contributed by atoms with Gasteiger partial charge in [-0.15, -0.1) is 0 Å². The van der Waals surface area contributed by atoms with Gasteiger partial charge in [0.25, 0.3) is 0 Å². The van der Waals surface area contributed by atoms with Gasteiger partial charge >= 0.3 is 0 Å². The number of nitrogens with zero attached hydrogens (tertiary/aromatic N) is 2. The van der Waals surface area contributed by atoms with E-state index in [0.29, 0.717) is 0 Å². The molecular formula is C12H11N3. The second-order valence-corrected chi connectivity index (χ2v) is 3.76. The molecule has 1 aliphatic carbocycles. The van der Waals surface area contributed by atoms with E-state index in [2.05, 4.69) is 9.97 Å². The monoisotopic (exact) mass is 197 g/mol. The van der Waals surface area contributed by atoms with Gasteiger partial charge in [0, 0.05) is 0 Å². The highest BCUT2D eigenvalue weighted by atomic mass is 14.8. The van der Waals surface area contributed by atoms with Crippen LogP contribution in [-0.2, 0) is 0 Å². The molecule has 0 aliphatic heterocycles. The highest BCUT2D eigenvalue weighted by Gasteiger charge is 2.17. The van der Waals surface area contributed by atoms with E-state index in [0.717, 1.165) is 35.3 Å². The van der Waals surface area contributed by atoms with E-state index in [1.54, 1.807) is 6.20 Å². The summed E-state index contributed by atoms with van der Waals surface area (Å²) in [5, 5.41) is 0. The lowest BCUT2D eigenvalue weighted by molar-refractivity contribution is 1.23. The van der Waals surface area contributed by atoms with Crippen molar-refractivity contribution in [3.63, 3.8) is 0 Å². The third-order valence-corrected chi connectivity index (χ3v) is 2.61. The standard InChI is InChI=1S/C12H11N3/c13-12(8-5-6-8)11-7-14-9-3-1-2-4-10(9)15-11/h1-4,7H,5-6,13H2. The zero-order chi connectivity index (χ0) is 10.3. The van der Waals surface area contributed by atoms with Crippen LogP contribution in [0, 0.1) is 0 Å². The molecule has 1 heterocycles. The second-order valence-electron chi connectivity index (χ2n) is 3.76. The number of fused-ring (bicyclic) bond motifs is 1. The molecule has 0 saturated heterocycles. The molecule has 0 amide bonds. The van der Waals surface area contributed by atoms with Crippen molar-refractivity contribution in [2.24, 2.45) is 5.73 Å². The van der Waals surface area contributed by atoms with Gasteiger partial charge in [-0.3, -0.25) is 4.98 Å². The second kappa shape index (κ2) is 3.05. The molecule has 2 aromatic rings. The number of aromatic nitrogens is 2. The zero-order valence-electron chi connectivity index (χ0n) is 8.27. The largest absolute Gasteiger partial charge is 0.397 e. The minimum Gasteiger partial charge on any atom is -0.397 e. The third kappa shape index (κ3) is 1.46. The fourth-order valence-corrected chi connectivity index (χ4v) is 1.60. The number of hydrogen-bond acceptors (Lipinski definition) is 3. The molecule has 1 saturated carbocycles. The molecule has 3 heteroatoms. The van der Waals surface area contributed by atoms with Crippen molar-refractivity contribution < 1.29 is 0 Å². The number of allylic oxidation sites excluding steroid dienone is 1. The van der Waals surface area contributed by atoms with Crippen LogP contribution in [0.4, 0.5) is 0 Å². The summed E-state index contributed by atoms with van der Waals surface area (Å²) in [6, 6.07) is 7.82. The summed E-state index contributed by atoms with van der Waals surface area (Å²) in [6.07, 6.45) is 3.98. The average molecular weight is 197 g/mol. The summed E-state index contributed by atoms with van der Waals surface area (Å²) in [5.74, 6) is 0. The molecule has 0 radical (unpaired) electrons. The van der Waals surface area contributed by atoms with Gasteiger partial charge in [0.1, 0.15) is 5.69 Å². The molecular weight excluding hydrogens is 186 g/mol. The Morgan fingerprint density at radius 1 is 1.13 bits per heavy atom. The van der Waals surface area contributed by atoms with Gasteiger partial charge in [0.2, 0.25) is 0 Å². The van der Waals surface area contributed by atoms with E-state index in [4.69, 9.17) is 5.73 Å². The van der Waals surface area contributed by atoms with Crippen molar-refractivity contribution in [1.29, 1.82) is 0 Å². The van der Waals surface area contributed by atoms with Crippen molar-refractivity contribution in [1.82, 2.24) is 9.97 Å². The Bertz CT molecular complexity index is 552. The first kappa shape index (κ1) is 8.41. The first-order valence-electron chi connectivity index (χ1n) is 5.04. The topological polar surface area (TPSA) is 51.8 Å². The van der Waals surface area contributed by atoms with Gasteiger partial charge in [-0.1, -0.05) is 12.1 Å². The third-order valence-electron chi connectivity index (χ3n) is 2.61. The fraction of sp³-hybridized carbons (Fsp3) is 0.167. The van der Waals surface area contributed by atoms with Crippen molar-refractivity contribution in [2.75, 3.05) is 0 Å². The lowest BCUT2D eigenvalue weighted by Gasteiger charge is -2.01. The van der Waals surface area contributed by atoms with Crippen LogP contribution < -0.4 is 5.73 Å². The predicted octanol–water partition coefficient (Wildman–Crippen LogP) is 2.09. The SMILES string of the molecule is NC(=C1CC1)c1cnc2ccccc2n1. The number of para-hydroxylation sites is 2. The molecule has 15 heavy (non-hydrogen) atoms. The molecule has 74 valence electrons. The van der Waals surface area contributed by atoms with E-state index >= 15 is 0 Å². The molecule has 0 spiro atoms. The molecule has 0 atom stereocenters. The van der Waals surface area contributed by atoms with Gasteiger partial charge < -0.3 is 5.73 Å². The van der Waals surface area contributed by atoms with Crippen molar-refractivity contribution in [3.8, 4) is 0 Å². The normalized spacial score (nSPS) is 14.3. The predicted molar refractivity (Wildman–Crippen MR) is 59.9 cm³/mol. The van der Waals surface area contributed by atoms with Crippen LogP contribution in [0.3, 0.4) is 0 Å². The molecule has 1 aromatic carbocycles. The zero-order valence-corrected chi connectivity index (χ0v) is 8.27. The molecule has 1 fully saturated rings. The Labute approximate surface area is 87.7 Å². The Morgan fingerprint density at radius 2 is 1.87 bits per heavy atom. The van der Waals surface area contributed by atoms with Crippen LogP contribution >= 0.6 is 0 Å². The Hall–Kier alpha value is -1.90. The fourth-order valence-electron chi connectivity index (χ4n) is 1.60.